The summed E-state index contributed by atoms with van der Waals surface area (Å²) in [7, 11) is 1.62. The number of nitrogens with two attached hydrogens (primary N) is 1. The van der Waals surface area contributed by atoms with Crippen molar-refractivity contribution in [2.75, 3.05) is 39.1 Å². The lowest BCUT2D eigenvalue weighted by molar-refractivity contribution is -0.133. The van der Waals surface area contributed by atoms with Gasteiger partial charge in [-0.05, 0) is 51.3 Å². The smallest absolute Gasteiger partial charge is 0.293 e. The average molecular weight is 385 g/mol. The first kappa shape index (κ1) is 18.8. The number of nitrogen functional groups attached to an aromatic ring is 1. The van der Waals surface area contributed by atoms with Crippen LogP contribution < -0.4 is 15.2 Å². The predicted molar refractivity (Wildman–Crippen MR) is 107 cm³/mol. The second-order valence-corrected chi connectivity index (χ2v) is 7.42. The van der Waals surface area contributed by atoms with E-state index in [1.807, 2.05) is 12.1 Å². The maximum absolute atomic E-state index is 10.8. The number of pyridine rings is 1. The molecule has 7 nitrogen and oxygen atoms in total. The molecule has 2 N–H and O–H groups in total. The third-order valence-corrected chi connectivity index (χ3v) is 5.69. The molecule has 1 saturated heterocycles. The topological polar surface area (TPSA) is 86.9 Å². The Bertz CT molecular complexity index is 865. The monoisotopic (exact) mass is 385 g/mol. The fraction of sp³-hybridized carbons (Fsp3) is 0.524. The lowest BCUT2D eigenvalue weighted by atomic mass is 10.1. The standard InChI is InChI=1S/C21H27N3O4/c1-26-18-11-14-16(12-19(18)27-10-4-9-24-7-2-3-8-24)23-15-5-6-17(28-13-25)20(15)21(14)22/h11-13,17H,2-10H2,1H3,(H2,22,23). The fourth-order valence-electron chi connectivity index (χ4n) is 4.28. The van der Waals surface area contributed by atoms with Crippen molar-refractivity contribution in [2.24, 2.45) is 0 Å². The Morgan fingerprint density at radius 1 is 1.29 bits per heavy atom. The zero-order valence-corrected chi connectivity index (χ0v) is 16.3. The van der Waals surface area contributed by atoms with Crippen LogP contribution in [0.2, 0.25) is 0 Å². The number of rotatable bonds is 8. The van der Waals surface area contributed by atoms with Crippen LogP contribution in [0, 0.1) is 0 Å². The van der Waals surface area contributed by atoms with Gasteiger partial charge < -0.3 is 24.8 Å². The lowest BCUT2D eigenvalue weighted by Gasteiger charge is -2.17. The van der Waals surface area contributed by atoms with Crippen LogP contribution in [0.25, 0.3) is 10.9 Å². The molecule has 1 fully saturated rings. The van der Waals surface area contributed by atoms with E-state index in [9.17, 15) is 4.79 Å². The van der Waals surface area contributed by atoms with E-state index in [-0.39, 0.29) is 6.10 Å². The molecule has 0 saturated carbocycles. The summed E-state index contributed by atoms with van der Waals surface area (Å²) in [5.41, 5.74) is 9.51. The number of hydrogen-bond acceptors (Lipinski definition) is 7. The molecule has 28 heavy (non-hydrogen) atoms. The summed E-state index contributed by atoms with van der Waals surface area (Å²) in [6.07, 6.45) is 4.71. The Hall–Kier alpha value is -2.54. The van der Waals surface area contributed by atoms with Gasteiger partial charge in [0.05, 0.1) is 24.9 Å². The van der Waals surface area contributed by atoms with Crippen molar-refractivity contribution in [3.8, 4) is 11.5 Å². The fourth-order valence-corrected chi connectivity index (χ4v) is 4.28. The van der Waals surface area contributed by atoms with E-state index in [4.69, 9.17) is 24.9 Å². The van der Waals surface area contributed by atoms with Crippen molar-refractivity contribution < 1.29 is 19.0 Å². The normalized spacial score (nSPS) is 19.0. The Morgan fingerprint density at radius 2 is 2.11 bits per heavy atom. The molecule has 4 rings (SSSR count). The summed E-state index contributed by atoms with van der Waals surface area (Å²) in [4.78, 5) is 18.0. The van der Waals surface area contributed by atoms with Gasteiger partial charge in [0.1, 0.15) is 6.10 Å². The zero-order chi connectivity index (χ0) is 19.5. The number of ether oxygens (including phenoxy) is 3. The summed E-state index contributed by atoms with van der Waals surface area (Å²) < 4.78 is 16.7. The number of methoxy groups -OCH3 is 1. The highest BCUT2D eigenvalue weighted by Crippen LogP contribution is 2.42. The maximum Gasteiger partial charge on any atom is 0.293 e. The van der Waals surface area contributed by atoms with Crippen molar-refractivity contribution in [3.63, 3.8) is 0 Å². The molecule has 1 unspecified atom stereocenters. The van der Waals surface area contributed by atoms with Crippen molar-refractivity contribution >= 4 is 23.1 Å². The molecule has 1 aromatic carbocycles. The summed E-state index contributed by atoms with van der Waals surface area (Å²) >= 11 is 0. The van der Waals surface area contributed by atoms with Gasteiger partial charge in [-0.25, -0.2) is 0 Å². The molecule has 7 heteroatoms. The number of hydrogen-bond donors (Lipinski definition) is 1. The number of likely N-dealkylation sites (tertiary alicyclic amines) is 1. The van der Waals surface area contributed by atoms with E-state index in [1.165, 1.54) is 25.9 Å². The summed E-state index contributed by atoms with van der Waals surface area (Å²) in [6.45, 7) is 4.56. The van der Waals surface area contributed by atoms with Crippen LogP contribution in [0.4, 0.5) is 5.69 Å². The molecule has 1 aliphatic carbocycles. The van der Waals surface area contributed by atoms with Gasteiger partial charge in [-0.1, -0.05) is 0 Å². The van der Waals surface area contributed by atoms with Gasteiger partial charge in [-0.3, -0.25) is 9.78 Å². The van der Waals surface area contributed by atoms with Crippen molar-refractivity contribution in [3.05, 3.63) is 23.4 Å². The zero-order valence-electron chi connectivity index (χ0n) is 16.3. The first-order valence-electron chi connectivity index (χ1n) is 9.95. The average Bonchev–Trinajstić information content (AvgIpc) is 3.35. The molecule has 150 valence electrons. The van der Waals surface area contributed by atoms with E-state index in [0.717, 1.165) is 41.5 Å². The highest BCUT2D eigenvalue weighted by atomic mass is 16.5. The second-order valence-electron chi connectivity index (χ2n) is 7.42. The maximum atomic E-state index is 10.8. The number of aromatic nitrogens is 1. The highest BCUT2D eigenvalue weighted by molar-refractivity contribution is 5.95. The molecule has 1 aliphatic heterocycles. The van der Waals surface area contributed by atoms with Crippen LogP contribution in [0.15, 0.2) is 12.1 Å². The van der Waals surface area contributed by atoms with Crippen LogP contribution in [0.3, 0.4) is 0 Å². The third kappa shape index (κ3) is 3.58. The molecule has 0 bridgehead atoms. The van der Waals surface area contributed by atoms with Crippen molar-refractivity contribution in [1.82, 2.24) is 9.88 Å². The number of fused-ring (bicyclic) bond motifs is 2. The largest absolute Gasteiger partial charge is 0.493 e. The Labute approximate surface area is 164 Å². The van der Waals surface area contributed by atoms with Gasteiger partial charge in [0, 0.05) is 29.2 Å². The second kappa shape index (κ2) is 8.22. The molecule has 2 heterocycles. The highest BCUT2D eigenvalue weighted by Gasteiger charge is 2.29. The molecule has 0 amide bonds. The summed E-state index contributed by atoms with van der Waals surface area (Å²) in [5, 5.41) is 0.793. The number of aryl methyl sites for hydroxylation is 1. The van der Waals surface area contributed by atoms with Gasteiger partial charge in [0.2, 0.25) is 0 Å². The summed E-state index contributed by atoms with van der Waals surface area (Å²) in [6, 6.07) is 3.76. The predicted octanol–water partition coefficient (Wildman–Crippen LogP) is 2.85. The Balaban J connectivity index is 1.55. The SMILES string of the molecule is COc1cc2c(N)c3c(nc2cc1OCCCN1CCCC1)CCC3OC=O. The number of carbonyl (C=O) groups excluding carboxylic acids is 1. The van der Waals surface area contributed by atoms with E-state index in [0.29, 0.717) is 36.7 Å². The Morgan fingerprint density at radius 3 is 2.86 bits per heavy atom. The third-order valence-electron chi connectivity index (χ3n) is 5.69. The summed E-state index contributed by atoms with van der Waals surface area (Å²) in [5.74, 6) is 1.31. The van der Waals surface area contributed by atoms with Crippen LogP contribution in [0.1, 0.15) is 43.0 Å². The van der Waals surface area contributed by atoms with Crippen molar-refractivity contribution in [2.45, 2.75) is 38.2 Å². The number of benzene rings is 1. The van der Waals surface area contributed by atoms with E-state index < -0.39 is 0 Å². The van der Waals surface area contributed by atoms with Crippen LogP contribution in [-0.4, -0.2) is 49.7 Å². The first-order chi connectivity index (χ1) is 13.7. The van der Waals surface area contributed by atoms with Gasteiger partial charge in [-0.15, -0.1) is 0 Å². The van der Waals surface area contributed by atoms with Gasteiger partial charge >= 0.3 is 0 Å². The van der Waals surface area contributed by atoms with E-state index in [2.05, 4.69) is 4.90 Å². The minimum atomic E-state index is -0.322. The van der Waals surface area contributed by atoms with E-state index >= 15 is 0 Å². The lowest BCUT2D eigenvalue weighted by Crippen LogP contribution is -2.21. The van der Waals surface area contributed by atoms with E-state index in [1.54, 1.807) is 7.11 Å². The number of anilines is 1. The van der Waals surface area contributed by atoms with Gasteiger partial charge in [0.15, 0.2) is 11.5 Å². The molecule has 1 aromatic heterocycles. The minimum Gasteiger partial charge on any atom is -0.493 e. The molecular weight excluding hydrogens is 358 g/mol. The van der Waals surface area contributed by atoms with Crippen LogP contribution in [0.5, 0.6) is 11.5 Å². The van der Waals surface area contributed by atoms with Gasteiger partial charge in [-0.2, -0.15) is 0 Å². The van der Waals surface area contributed by atoms with Crippen molar-refractivity contribution in [1.29, 1.82) is 0 Å². The molecule has 0 spiro atoms. The van der Waals surface area contributed by atoms with Gasteiger partial charge in [0.25, 0.3) is 6.47 Å². The minimum absolute atomic E-state index is 0.322. The molecule has 2 aliphatic rings. The molecule has 2 aromatic rings. The molecular formula is C21H27N3O4. The van der Waals surface area contributed by atoms with Crippen LogP contribution >= 0.6 is 0 Å². The quantitative estimate of drug-likeness (QED) is 0.552. The number of carbonyl (C=O) groups is 1. The molecule has 0 radical (unpaired) electrons. The van der Waals surface area contributed by atoms with Crippen LogP contribution in [-0.2, 0) is 16.0 Å². The molecule has 1 atom stereocenters. The first-order valence-corrected chi connectivity index (χ1v) is 9.95. The Kier molecular flexibility index (Phi) is 5.52. The number of nitrogens with zero attached hydrogens (tertiary/aromatic N) is 2.